The molecule has 0 unspecified atom stereocenters. The van der Waals surface area contributed by atoms with Crippen LogP contribution in [0.2, 0.25) is 0 Å². The number of hydrogen-bond donors (Lipinski definition) is 2. The highest BCUT2D eigenvalue weighted by Gasteiger charge is 2.42. The summed E-state index contributed by atoms with van der Waals surface area (Å²) in [5, 5.41) is 19.6. The van der Waals surface area contributed by atoms with Crippen molar-refractivity contribution in [1.29, 1.82) is 0 Å². The molecular weight excluding hydrogens is 335 g/mol. The fourth-order valence-corrected chi connectivity index (χ4v) is 3.74. The van der Waals surface area contributed by atoms with Gasteiger partial charge in [0.15, 0.2) is 5.75 Å². The Bertz CT molecular complexity index is 843. The maximum Gasteiger partial charge on any atom is 0.255 e. The van der Waals surface area contributed by atoms with Gasteiger partial charge in [0.25, 0.3) is 5.95 Å². The van der Waals surface area contributed by atoms with Gasteiger partial charge in [-0.1, -0.05) is 18.2 Å². The van der Waals surface area contributed by atoms with Crippen LogP contribution in [0.25, 0.3) is 0 Å². The summed E-state index contributed by atoms with van der Waals surface area (Å²) in [4.78, 5) is 5.51. The number of hydrogen-bond acceptors (Lipinski definition) is 5. The van der Waals surface area contributed by atoms with Crippen molar-refractivity contribution in [1.82, 2.24) is 9.88 Å². The normalized spacial score (nSPS) is 33.4. The Morgan fingerprint density at radius 3 is 2.85 bits per heavy atom. The summed E-state index contributed by atoms with van der Waals surface area (Å²) in [6.45, 7) is 1.12. The molecule has 1 saturated heterocycles. The topological polar surface area (TPSA) is 65.8 Å². The Balaban J connectivity index is 1.39. The second kappa shape index (κ2) is 7.21. The van der Waals surface area contributed by atoms with E-state index in [1.165, 1.54) is 6.07 Å². The molecule has 6 heteroatoms. The Labute approximate surface area is 154 Å². The number of rotatable bonds is 5. The van der Waals surface area contributed by atoms with Crippen LogP contribution in [0, 0.1) is 17.8 Å². The van der Waals surface area contributed by atoms with E-state index in [1.807, 2.05) is 35.2 Å². The third-order valence-electron chi connectivity index (χ3n) is 4.98. The molecule has 1 aromatic carbocycles. The van der Waals surface area contributed by atoms with E-state index in [0.29, 0.717) is 25.3 Å². The number of ether oxygens (including phenoxy) is 1. The number of aromatic hydroxyl groups is 1. The molecule has 5 nitrogen and oxygen atoms in total. The summed E-state index contributed by atoms with van der Waals surface area (Å²) in [6.07, 6.45) is -1.43. The van der Waals surface area contributed by atoms with Crippen molar-refractivity contribution >= 4 is 0 Å². The van der Waals surface area contributed by atoms with Crippen LogP contribution >= 0.6 is 0 Å². The van der Waals surface area contributed by atoms with Crippen molar-refractivity contribution in [2.45, 2.75) is 25.0 Å². The number of benzene rings is 1. The fourth-order valence-electron chi connectivity index (χ4n) is 3.74. The molecule has 2 heterocycles. The minimum absolute atomic E-state index is 0.0274. The zero-order valence-electron chi connectivity index (χ0n) is 16.3. The molecule has 138 valence electrons. The van der Waals surface area contributed by atoms with Gasteiger partial charge in [0.2, 0.25) is 0 Å². The van der Waals surface area contributed by atoms with Crippen molar-refractivity contribution < 1.29 is 22.1 Å². The molecule has 2 fully saturated rings. The van der Waals surface area contributed by atoms with Crippen LogP contribution < -0.4 is 4.74 Å². The van der Waals surface area contributed by atoms with E-state index in [1.54, 1.807) is 0 Å². The first kappa shape index (κ1) is 14.9. The maximum absolute atomic E-state index is 13.4. The number of pyridine rings is 1. The Hall–Kier alpha value is -2.18. The van der Waals surface area contributed by atoms with Gasteiger partial charge in [0, 0.05) is 22.4 Å². The largest absolute Gasteiger partial charge is 0.504 e. The van der Waals surface area contributed by atoms with E-state index in [4.69, 9.17) is 7.48 Å². The number of halogens is 1. The van der Waals surface area contributed by atoms with E-state index in [-0.39, 0.29) is 24.3 Å². The molecule has 26 heavy (non-hydrogen) atoms. The molecule has 0 radical (unpaired) electrons. The smallest absolute Gasteiger partial charge is 0.255 e. The third-order valence-corrected chi connectivity index (χ3v) is 4.98. The van der Waals surface area contributed by atoms with E-state index >= 15 is 0 Å². The van der Waals surface area contributed by atoms with Crippen LogP contribution in [0.4, 0.5) is 4.39 Å². The van der Waals surface area contributed by atoms with E-state index in [9.17, 15) is 14.6 Å². The number of fused-ring (bicyclic) bond motifs is 1. The molecule has 0 bridgehead atoms. The molecule has 2 aromatic rings. The molecule has 2 aliphatic rings. The number of para-hydroxylation sites is 1. The van der Waals surface area contributed by atoms with Crippen molar-refractivity contribution in [2.75, 3.05) is 19.6 Å². The van der Waals surface area contributed by atoms with E-state index < -0.39 is 30.1 Å². The third kappa shape index (κ3) is 3.66. The molecule has 4 rings (SSSR count). The van der Waals surface area contributed by atoms with Crippen molar-refractivity contribution in [2.24, 2.45) is 11.8 Å². The quantitative estimate of drug-likeness (QED) is 0.803. The van der Waals surface area contributed by atoms with Crippen molar-refractivity contribution in [3.05, 3.63) is 54.1 Å². The van der Waals surface area contributed by atoms with Crippen molar-refractivity contribution in [3.63, 3.8) is 0 Å². The van der Waals surface area contributed by atoms with Gasteiger partial charge in [-0.3, -0.25) is 4.90 Å². The number of aromatic nitrogens is 1. The minimum atomic E-state index is -1.03. The Kier molecular flexibility index (Phi) is 4.14. The highest BCUT2D eigenvalue weighted by molar-refractivity contribution is 5.22. The maximum atomic E-state index is 13.4. The zero-order valence-corrected chi connectivity index (χ0v) is 14.3. The summed E-state index contributed by atoms with van der Waals surface area (Å²) >= 11 is 0. The Morgan fingerprint density at radius 2 is 2.12 bits per heavy atom. The van der Waals surface area contributed by atoms with E-state index in [2.05, 4.69) is 4.98 Å². The second-order valence-corrected chi connectivity index (χ2v) is 6.90. The zero-order chi connectivity index (χ0) is 19.9. The van der Waals surface area contributed by atoms with Crippen molar-refractivity contribution in [3.8, 4) is 11.5 Å². The second-order valence-electron chi connectivity index (χ2n) is 6.90. The van der Waals surface area contributed by atoms with Gasteiger partial charge in [0.1, 0.15) is 11.9 Å². The SMILES string of the molecule is [2H][C@H]1[C@H](Oc2ccccc2)C[C@@H]2CN(C[C@H](O)c3ccc(O)c(F)n3)C[C@@]21[2H]. The summed E-state index contributed by atoms with van der Waals surface area (Å²) in [7, 11) is 0. The minimum Gasteiger partial charge on any atom is -0.504 e. The average Bonchev–Trinajstić information content (AvgIpc) is 3.10. The lowest BCUT2D eigenvalue weighted by Gasteiger charge is -2.22. The van der Waals surface area contributed by atoms with Crippen LogP contribution in [-0.2, 0) is 0 Å². The predicted molar refractivity (Wildman–Crippen MR) is 94.3 cm³/mol. The highest BCUT2D eigenvalue weighted by Crippen LogP contribution is 2.40. The summed E-state index contributed by atoms with van der Waals surface area (Å²) in [5.41, 5.74) is 0.138. The van der Waals surface area contributed by atoms with Crippen LogP contribution in [-0.4, -0.2) is 45.8 Å². The average molecular weight is 360 g/mol. The first-order valence-corrected chi connectivity index (χ1v) is 8.76. The van der Waals surface area contributed by atoms with Gasteiger partial charge < -0.3 is 14.9 Å². The monoisotopic (exact) mass is 360 g/mol. The number of likely N-dealkylation sites (tertiary alicyclic amines) is 1. The lowest BCUT2D eigenvalue weighted by Crippen LogP contribution is -2.29. The van der Waals surface area contributed by atoms with Crippen LogP contribution in [0.5, 0.6) is 11.5 Å². The summed E-state index contributed by atoms with van der Waals surface area (Å²) in [6, 6.07) is 11.9. The Morgan fingerprint density at radius 1 is 1.31 bits per heavy atom. The van der Waals surface area contributed by atoms with Crippen LogP contribution in [0.1, 0.15) is 27.4 Å². The lowest BCUT2D eigenvalue weighted by atomic mass is 10.0. The molecule has 5 atom stereocenters. The molecule has 0 amide bonds. The molecular formula is C20H23FN2O3. The van der Waals surface area contributed by atoms with E-state index in [0.717, 1.165) is 6.07 Å². The lowest BCUT2D eigenvalue weighted by molar-refractivity contribution is 0.112. The van der Waals surface area contributed by atoms with Crippen LogP contribution in [0.15, 0.2) is 42.5 Å². The summed E-state index contributed by atoms with van der Waals surface area (Å²) in [5.74, 6) is -1.86. The number of nitrogens with zero attached hydrogens (tertiary/aromatic N) is 2. The number of aliphatic hydroxyl groups is 1. The molecule has 1 aromatic heterocycles. The van der Waals surface area contributed by atoms with Crippen LogP contribution in [0.3, 0.4) is 0 Å². The summed E-state index contributed by atoms with van der Waals surface area (Å²) < 4.78 is 36.8. The first-order valence-electron chi connectivity index (χ1n) is 9.84. The molecule has 0 spiro atoms. The standard InChI is InChI=1S/C20H23FN2O3/c21-20-18(24)7-6-17(22-20)19(25)12-23-10-13-8-16(9-14(13)11-23)26-15-4-2-1-3-5-15/h1-7,13-14,16,19,24-25H,8-12H2/t13-,14+,16-,19-/m0/s1/i8D,13D/t8-,13+,14-,16+,19+/m1. The van der Waals surface area contributed by atoms with Gasteiger partial charge >= 0.3 is 0 Å². The van der Waals surface area contributed by atoms with Gasteiger partial charge in [-0.2, -0.15) is 4.39 Å². The number of aliphatic hydroxyl groups excluding tert-OH is 1. The highest BCUT2D eigenvalue weighted by atomic mass is 19.1. The van der Waals surface area contributed by atoms with Gasteiger partial charge in [0.05, 0.1) is 11.8 Å². The first-order chi connectivity index (χ1) is 13.4. The van der Waals surface area contributed by atoms with Gasteiger partial charge in [-0.25, -0.2) is 4.98 Å². The fraction of sp³-hybridized carbons (Fsp3) is 0.450. The molecule has 1 aliphatic carbocycles. The predicted octanol–water partition coefficient (Wildman–Crippen LogP) is 2.75. The molecule has 1 aliphatic heterocycles. The van der Waals surface area contributed by atoms with Gasteiger partial charge in [-0.05, 0) is 48.9 Å². The molecule has 2 N–H and O–H groups in total. The number of β-amino-alcohol motifs (C(OH)–C–C–N with tert-alkyl or cyclic N) is 1. The molecule has 1 saturated carbocycles. The van der Waals surface area contributed by atoms with Gasteiger partial charge in [-0.15, -0.1) is 0 Å².